The number of primary amides is 1. The highest BCUT2D eigenvalue weighted by molar-refractivity contribution is 6.10. The van der Waals surface area contributed by atoms with Crippen molar-refractivity contribution in [3.05, 3.63) is 88.1 Å². The lowest BCUT2D eigenvalue weighted by Gasteiger charge is -2.15. The molecule has 2 heterocycles. The number of carbonyl (C=O) groups excluding carboxylic acids is 2. The Morgan fingerprint density at radius 1 is 1.13 bits per heavy atom. The summed E-state index contributed by atoms with van der Waals surface area (Å²) in [5.74, 6) is -3.19. The Morgan fingerprint density at radius 3 is 2.39 bits per heavy atom. The molecular formula is C26H20F4N6O2. The molecule has 0 radical (unpaired) electrons. The van der Waals surface area contributed by atoms with Crippen LogP contribution in [-0.4, -0.2) is 26.6 Å². The maximum Gasteiger partial charge on any atom is 0.437 e. The van der Waals surface area contributed by atoms with Crippen LogP contribution in [0.4, 0.5) is 23.2 Å². The molecule has 0 saturated heterocycles. The summed E-state index contributed by atoms with van der Waals surface area (Å²) < 4.78 is 57.0. The molecule has 3 N–H and O–H groups in total. The first-order chi connectivity index (χ1) is 17.9. The Balaban J connectivity index is 1.80. The number of benzene rings is 2. The van der Waals surface area contributed by atoms with Crippen LogP contribution in [0.2, 0.25) is 0 Å². The highest BCUT2D eigenvalue weighted by atomic mass is 19.4. The van der Waals surface area contributed by atoms with Crippen molar-refractivity contribution < 1.29 is 27.2 Å². The highest BCUT2D eigenvalue weighted by Crippen LogP contribution is 2.39. The molecular weight excluding hydrogens is 504 g/mol. The van der Waals surface area contributed by atoms with Gasteiger partial charge in [-0.2, -0.15) is 23.5 Å². The van der Waals surface area contributed by atoms with E-state index < -0.39 is 46.8 Å². The van der Waals surface area contributed by atoms with E-state index in [1.807, 2.05) is 6.07 Å². The fourth-order valence-electron chi connectivity index (χ4n) is 4.06. The van der Waals surface area contributed by atoms with Gasteiger partial charge in [0.05, 0.1) is 40.6 Å². The van der Waals surface area contributed by atoms with Crippen molar-refractivity contribution in [2.75, 3.05) is 5.32 Å². The zero-order valence-corrected chi connectivity index (χ0v) is 20.1. The smallest absolute Gasteiger partial charge is 0.366 e. The molecule has 0 spiro atoms. The molecule has 194 valence electrons. The van der Waals surface area contributed by atoms with Gasteiger partial charge in [0, 0.05) is 11.5 Å². The number of anilines is 1. The van der Waals surface area contributed by atoms with Gasteiger partial charge in [0.25, 0.3) is 5.91 Å². The lowest BCUT2D eigenvalue weighted by Crippen LogP contribution is -2.20. The van der Waals surface area contributed by atoms with E-state index in [0.717, 1.165) is 22.9 Å². The Labute approximate surface area is 213 Å². The fourth-order valence-corrected chi connectivity index (χ4v) is 4.06. The van der Waals surface area contributed by atoms with Crippen molar-refractivity contribution in [3.8, 4) is 6.07 Å². The van der Waals surface area contributed by atoms with E-state index in [9.17, 15) is 27.2 Å². The zero-order chi connectivity index (χ0) is 27.8. The third-order valence-corrected chi connectivity index (χ3v) is 5.73. The summed E-state index contributed by atoms with van der Waals surface area (Å²) in [4.78, 5) is 29.2. The first-order valence-electron chi connectivity index (χ1n) is 11.3. The SMILES string of the molecule is CC(C)c1c(NC(=O)c2cc(C(N)=O)c3ccc(F)cc3n2)c(C(F)(F)F)nn1Cc1ccc(C#N)cc1. The number of amides is 2. The van der Waals surface area contributed by atoms with Gasteiger partial charge >= 0.3 is 6.18 Å². The van der Waals surface area contributed by atoms with Gasteiger partial charge in [0.2, 0.25) is 5.91 Å². The van der Waals surface area contributed by atoms with Crippen LogP contribution in [0.15, 0.2) is 48.5 Å². The lowest BCUT2D eigenvalue weighted by molar-refractivity contribution is -0.140. The number of nitrogens with two attached hydrogens (primary N) is 1. The monoisotopic (exact) mass is 524 g/mol. The third-order valence-electron chi connectivity index (χ3n) is 5.73. The second-order valence-electron chi connectivity index (χ2n) is 8.76. The van der Waals surface area contributed by atoms with Crippen molar-refractivity contribution in [3.63, 3.8) is 0 Å². The number of carbonyl (C=O) groups is 2. The number of halogens is 4. The van der Waals surface area contributed by atoms with Crippen LogP contribution >= 0.6 is 0 Å². The van der Waals surface area contributed by atoms with Crippen LogP contribution in [-0.2, 0) is 12.7 Å². The first-order valence-corrected chi connectivity index (χ1v) is 11.3. The molecule has 0 aliphatic carbocycles. The Hall–Kier alpha value is -4.79. The minimum Gasteiger partial charge on any atom is -0.366 e. The maximum absolute atomic E-state index is 14.0. The molecule has 2 aromatic carbocycles. The highest BCUT2D eigenvalue weighted by Gasteiger charge is 2.40. The number of pyridine rings is 1. The second-order valence-corrected chi connectivity index (χ2v) is 8.76. The average Bonchev–Trinajstić information content (AvgIpc) is 3.21. The molecule has 0 aliphatic rings. The number of nitriles is 1. The standard InChI is InChI=1S/C26H20F4N6O2/c1-13(2)22-21(23(26(28,29)30)35-36(22)12-15-5-3-14(11-31)4-6-15)34-25(38)20-10-18(24(32)37)17-8-7-16(27)9-19(17)33-20/h3-10,13H,12H2,1-2H3,(H2,32,37)(H,34,38). The van der Waals surface area contributed by atoms with Crippen LogP contribution in [0.25, 0.3) is 10.9 Å². The van der Waals surface area contributed by atoms with E-state index >= 15 is 0 Å². The van der Waals surface area contributed by atoms with E-state index in [0.29, 0.717) is 11.1 Å². The Bertz CT molecular complexity index is 1600. The van der Waals surface area contributed by atoms with Gasteiger partial charge in [-0.1, -0.05) is 26.0 Å². The minimum absolute atomic E-state index is 0.0580. The number of aromatic nitrogens is 3. The molecule has 2 amide bonds. The quantitative estimate of drug-likeness (QED) is 0.344. The fraction of sp³-hybridized carbons (Fsp3) is 0.192. The summed E-state index contributed by atoms with van der Waals surface area (Å²) in [6.45, 7) is 3.23. The summed E-state index contributed by atoms with van der Waals surface area (Å²) in [5.41, 5.74) is 3.96. The number of alkyl halides is 3. The third kappa shape index (κ3) is 5.17. The summed E-state index contributed by atoms with van der Waals surface area (Å²) >= 11 is 0. The van der Waals surface area contributed by atoms with Crippen molar-refractivity contribution in [1.82, 2.24) is 14.8 Å². The molecule has 8 nitrogen and oxygen atoms in total. The molecule has 4 rings (SSSR count). The second kappa shape index (κ2) is 9.93. The molecule has 0 unspecified atom stereocenters. The van der Waals surface area contributed by atoms with Gasteiger partial charge < -0.3 is 11.1 Å². The van der Waals surface area contributed by atoms with Gasteiger partial charge in [0.15, 0.2) is 5.69 Å². The summed E-state index contributed by atoms with van der Waals surface area (Å²) in [5, 5.41) is 15.2. The van der Waals surface area contributed by atoms with Gasteiger partial charge in [-0.15, -0.1) is 0 Å². The molecule has 2 aromatic heterocycles. The number of fused-ring (bicyclic) bond motifs is 1. The van der Waals surface area contributed by atoms with E-state index in [2.05, 4.69) is 15.4 Å². The molecule has 12 heteroatoms. The predicted octanol–water partition coefficient (Wildman–Crippen LogP) is 4.98. The van der Waals surface area contributed by atoms with Gasteiger partial charge in [-0.3, -0.25) is 14.3 Å². The Kier molecular flexibility index (Phi) is 6.87. The molecule has 0 aliphatic heterocycles. The number of hydrogen-bond acceptors (Lipinski definition) is 5. The number of hydrogen-bond donors (Lipinski definition) is 2. The van der Waals surface area contributed by atoms with E-state index in [4.69, 9.17) is 11.0 Å². The minimum atomic E-state index is -4.92. The molecule has 0 bridgehead atoms. The predicted molar refractivity (Wildman–Crippen MR) is 130 cm³/mol. The van der Waals surface area contributed by atoms with E-state index in [-0.39, 0.29) is 28.7 Å². The number of rotatable bonds is 6. The molecule has 4 aromatic rings. The average molecular weight is 524 g/mol. The topological polar surface area (TPSA) is 127 Å². The van der Waals surface area contributed by atoms with Crippen LogP contribution in [0, 0.1) is 17.1 Å². The zero-order valence-electron chi connectivity index (χ0n) is 20.1. The van der Waals surface area contributed by atoms with Gasteiger partial charge in [0.1, 0.15) is 11.5 Å². The van der Waals surface area contributed by atoms with Crippen LogP contribution in [0.5, 0.6) is 0 Å². The summed E-state index contributed by atoms with van der Waals surface area (Å²) in [7, 11) is 0. The number of nitrogens with one attached hydrogen (secondary N) is 1. The van der Waals surface area contributed by atoms with Crippen LogP contribution < -0.4 is 11.1 Å². The summed E-state index contributed by atoms with van der Waals surface area (Å²) in [6.07, 6.45) is -4.92. The van der Waals surface area contributed by atoms with Crippen molar-refractivity contribution in [2.45, 2.75) is 32.5 Å². The van der Waals surface area contributed by atoms with Crippen molar-refractivity contribution in [1.29, 1.82) is 5.26 Å². The van der Waals surface area contributed by atoms with Crippen LogP contribution in [0.1, 0.15) is 63.1 Å². The molecule has 38 heavy (non-hydrogen) atoms. The molecule has 0 fully saturated rings. The molecule has 0 atom stereocenters. The summed E-state index contributed by atoms with van der Waals surface area (Å²) in [6, 6.07) is 12.6. The van der Waals surface area contributed by atoms with E-state index in [1.54, 1.807) is 26.0 Å². The largest absolute Gasteiger partial charge is 0.437 e. The maximum atomic E-state index is 14.0. The van der Waals surface area contributed by atoms with Gasteiger partial charge in [-0.05, 0) is 41.8 Å². The lowest BCUT2D eigenvalue weighted by atomic mass is 10.1. The first kappa shape index (κ1) is 26.3. The van der Waals surface area contributed by atoms with Gasteiger partial charge in [-0.25, -0.2) is 9.37 Å². The van der Waals surface area contributed by atoms with E-state index in [1.165, 1.54) is 18.2 Å². The number of nitrogens with zero attached hydrogens (tertiary/aromatic N) is 4. The molecule has 0 saturated carbocycles. The van der Waals surface area contributed by atoms with Crippen molar-refractivity contribution >= 4 is 28.4 Å². The normalized spacial score (nSPS) is 11.5. The van der Waals surface area contributed by atoms with Crippen molar-refractivity contribution in [2.24, 2.45) is 5.73 Å². The Morgan fingerprint density at radius 2 is 1.82 bits per heavy atom. The van der Waals surface area contributed by atoms with Crippen LogP contribution in [0.3, 0.4) is 0 Å².